The minimum Gasteiger partial charge on any atom is -0.378 e. The van der Waals surface area contributed by atoms with Crippen molar-refractivity contribution in [1.82, 2.24) is 19.8 Å². The number of hydrogen-bond acceptors (Lipinski definition) is 8. The molecule has 2 saturated heterocycles. The van der Waals surface area contributed by atoms with E-state index in [9.17, 15) is 8.78 Å². The maximum atomic E-state index is 13.4. The highest BCUT2D eigenvalue weighted by Gasteiger charge is 2.37. The summed E-state index contributed by atoms with van der Waals surface area (Å²) in [4.78, 5) is 20.9. The van der Waals surface area contributed by atoms with Crippen LogP contribution in [-0.2, 0) is 16.0 Å². The van der Waals surface area contributed by atoms with Crippen LogP contribution in [0.2, 0.25) is 0 Å². The van der Waals surface area contributed by atoms with E-state index < -0.39 is 6.43 Å². The lowest BCUT2D eigenvalue weighted by Crippen LogP contribution is -2.42. The number of amidine groups is 1. The van der Waals surface area contributed by atoms with Crippen LogP contribution in [0.25, 0.3) is 0 Å². The molecule has 1 aromatic rings. The van der Waals surface area contributed by atoms with E-state index in [-0.39, 0.29) is 29.8 Å². The normalized spacial score (nSPS) is 22.6. The highest BCUT2D eigenvalue weighted by molar-refractivity contribution is 5.99. The Bertz CT molecular complexity index is 855. The fourth-order valence-electron chi connectivity index (χ4n) is 4.05. The van der Waals surface area contributed by atoms with Gasteiger partial charge in [-0.2, -0.15) is 0 Å². The molecular formula is C19H25F2N7O2. The number of ether oxygens (including phenoxy) is 2. The highest BCUT2D eigenvalue weighted by Crippen LogP contribution is 2.33. The molecule has 2 N–H and O–H groups in total. The van der Waals surface area contributed by atoms with Crippen molar-refractivity contribution in [3.8, 4) is 0 Å². The van der Waals surface area contributed by atoms with Crippen LogP contribution < -0.4 is 5.73 Å². The minimum atomic E-state index is -2.76. The smallest absolute Gasteiger partial charge is 0.280 e. The molecule has 0 aliphatic carbocycles. The van der Waals surface area contributed by atoms with Crippen molar-refractivity contribution < 1.29 is 18.3 Å². The van der Waals surface area contributed by atoms with Crippen molar-refractivity contribution in [3.05, 3.63) is 28.8 Å². The lowest BCUT2D eigenvalue weighted by Gasteiger charge is -2.32. The first-order valence-corrected chi connectivity index (χ1v) is 9.89. The van der Waals surface area contributed by atoms with Gasteiger partial charge in [-0.15, -0.1) is 0 Å². The molecular weight excluding hydrogens is 396 g/mol. The van der Waals surface area contributed by atoms with E-state index >= 15 is 0 Å². The van der Waals surface area contributed by atoms with Crippen LogP contribution in [0.1, 0.15) is 24.1 Å². The van der Waals surface area contributed by atoms with Crippen molar-refractivity contribution in [1.29, 1.82) is 0 Å². The van der Waals surface area contributed by atoms with Crippen LogP contribution in [0.3, 0.4) is 0 Å². The Hall–Kier alpha value is -2.66. The number of rotatable bonds is 5. The molecule has 9 nitrogen and oxygen atoms in total. The number of nitrogen functional groups attached to an aromatic ring is 1. The van der Waals surface area contributed by atoms with Gasteiger partial charge in [0, 0.05) is 43.4 Å². The number of aromatic nitrogens is 2. The van der Waals surface area contributed by atoms with Gasteiger partial charge < -0.3 is 25.0 Å². The van der Waals surface area contributed by atoms with Crippen LogP contribution in [-0.4, -0.2) is 84.4 Å². The van der Waals surface area contributed by atoms with E-state index in [1.54, 1.807) is 0 Å². The fraction of sp³-hybridized carbons (Fsp3) is 0.579. The first kappa shape index (κ1) is 20.6. The van der Waals surface area contributed by atoms with Gasteiger partial charge in [0.1, 0.15) is 17.4 Å². The van der Waals surface area contributed by atoms with Gasteiger partial charge in [-0.1, -0.05) is 0 Å². The summed E-state index contributed by atoms with van der Waals surface area (Å²) in [6.45, 7) is 8.22. The second kappa shape index (κ2) is 9.00. The van der Waals surface area contributed by atoms with Gasteiger partial charge in [0.25, 0.3) is 6.43 Å². The van der Waals surface area contributed by atoms with E-state index in [0.29, 0.717) is 45.9 Å². The average Bonchev–Trinajstić information content (AvgIpc) is 3.13. The molecule has 1 atom stereocenters. The standard InChI is InChI=1S/C19H25F2N7O2/c1-23-17-14(8-13-11-30-7-4-28(13)17)18(27-2-5-29-6-3-27)24-9-12-10-25-19(22)26-15(12)16(20)21/h10,13,16H,1-9,11H2,(H2,22,25,26). The summed E-state index contributed by atoms with van der Waals surface area (Å²) in [6.07, 6.45) is -0.726. The Morgan fingerprint density at radius 2 is 2.03 bits per heavy atom. The fourth-order valence-corrected chi connectivity index (χ4v) is 4.05. The van der Waals surface area contributed by atoms with Gasteiger partial charge in [-0.05, 0) is 6.72 Å². The number of nitrogens with zero attached hydrogens (tertiary/aromatic N) is 6. The van der Waals surface area contributed by atoms with Crippen molar-refractivity contribution in [3.63, 3.8) is 0 Å². The SMILES string of the molecule is C=NC1=C(C(=NCc2cnc(N)nc2C(F)F)N2CCOCC2)CC2COCCN12. The molecule has 1 unspecified atom stereocenters. The summed E-state index contributed by atoms with van der Waals surface area (Å²) in [5.74, 6) is 1.34. The molecule has 0 amide bonds. The zero-order valence-electron chi connectivity index (χ0n) is 16.6. The minimum absolute atomic E-state index is 0.0156. The Balaban J connectivity index is 1.69. The number of anilines is 1. The van der Waals surface area contributed by atoms with E-state index in [0.717, 1.165) is 23.8 Å². The molecule has 0 radical (unpaired) electrons. The third kappa shape index (κ3) is 4.12. The number of morpholine rings is 2. The lowest BCUT2D eigenvalue weighted by atomic mass is 10.1. The number of hydrogen-bond donors (Lipinski definition) is 1. The van der Waals surface area contributed by atoms with Gasteiger partial charge in [0.05, 0.1) is 39.0 Å². The van der Waals surface area contributed by atoms with Crippen molar-refractivity contribution in [2.75, 3.05) is 51.8 Å². The molecule has 11 heteroatoms. The molecule has 0 aromatic carbocycles. The summed E-state index contributed by atoms with van der Waals surface area (Å²) in [5.41, 5.74) is 6.30. The van der Waals surface area contributed by atoms with Gasteiger partial charge in [-0.25, -0.2) is 23.7 Å². The van der Waals surface area contributed by atoms with Crippen LogP contribution in [0.5, 0.6) is 0 Å². The molecule has 3 aliphatic rings. The first-order valence-electron chi connectivity index (χ1n) is 9.89. The highest BCUT2D eigenvalue weighted by atomic mass is 19.3. The predicted octanol–water partition coefficient (Wildman–Crippen LogP) is 1.24. The van der Waals surface area contributed by atoms with Crippen molar-refractivity contribution >= 4 is 18.5 Å². The Labute approximate surface area is 173 Å². The number of aliphatic imine (C=N–C) groups is 2. The monoisotopic (exact) mass is 421 g/mol. The molecule has 1 aromatic heterocycles. The van der Waals surface area contributed by atoms with Gasteiger partial charge in [0.15, 0.2) is 0 Å². The Morgan fingerprint density at radius 3 is 2.77 bits per heavy atom. The second-order valence-corrected chi connectivity index (χ2v) is 7.27. The third-order valence-corrected chi connectivity index (χ3v) is 5.46. The molecule has 0 saturated carbocycles. The van der Waals surface area contributed by atoms with E-state index in [1.807, 2.05) is 0 Å². The molecule has 4 rings (SSSR count). The summed E-state index contributed by atoms with van der Waals surface area (Å²) >= 11 is 0. The number of nitrogens with two attached hydrogens (primary N) is 1. The quantitative estimate of drug-likeness (QED) is 0.564. The molecule has 30 heavy (non-hydrogen) atoms. The van der Waals surface area contributed by atoms with Gasteiger partial charge in [-0.3, -0.25) is 4.99 Å². The molecule has 0 bridgehead atoms. The average molecular weight is 421 g/mol. The summed E-state index contributed by atoms with van der Waals surface area (Å²) in [5, 5.41) is 0. The van der Waals surface area contributed by atoms with Gasteiger partial charge in [0.2, 0.25) is 5.95 Å². The summed E-state index contributed by atoms with van der Waals surface area (Å²) < 4.78 is 38.0. The topological polar surface area (TPSA) is 101 Å². The Kier molecular flexibility index (Phi) is 6.18. The predicted molar refractivity (Wildman–Crippen MR) is 107 cm³/mol. The first-order chi connectivity index (χ1) is 14.6. The number of fused-ring (bicyclic) bond motifs is 1. The maximum Gasteiger partial charge on any atom is 0.280 e. The van der Waals surface area contributed by atoms with Crippen LogP contribution in [0, 0.1) is 0 Å². The molecule has 162 valence electrons. The van der Waals surface area contributed by atoms with E-state index in [1.165, 1.54) is 6.20 Å². The summed E-state index contributed by atoms with van der Waals surface area (Å²) in [6, 6.07) is 0.178. The Morgan fingerprint density at radius 1 is 1.27 bits per heavy atom. The zero-order chi connectivity index (χ0) is 21.1. The van der Waals surface area contributed by atoms with Crippen molar-refractivity contribution in [2.45, 2.75) is 25.4 Å². The molecule has 3 aliphatic heterocycles. The summed E-state index contributed by atoms with van der Waals surface area (Å²) in [7, 11) is 0. The van der Waals surface area contributed by atoms with Gasteiger partial charge >= 0.3 is 0 Å². The largest absolute Gasteiger partial charge is 0.378 e. The van der Waals surface area contributed by atoms with E-state index in [4.69, 9.17) is 20.2 Å². The van der Waals surface area contributed by atoms with Crippen LogP contribution in [0.4, 0.5) is 14.7 Å². The van der Waals surface area contributed by atoms with Crippen LogP contribution in [0.15, 0.2) is 27.6 Å². The molecule has 2 fully saturated rings. The lowest BCUT2D eigenvalue weighted by molar-refractivity contribution is 0.0186. The van der Waals surface area contributed by atoms with E-state index in [2.05, 4.69) is 31.5 Å². The zero-order valence-corrected chi connectivity index (χ0v) is 16.6. The number of alkyl halides is 2. The molecule has 0 spiro atoms. The van der Waals surface area contributed by atoms with Crippen molar-refractivity contribution in [2.24, 2.45) is 9.98 Å². The molecule has 4 heterocycles. The maximum absolute atomic E-state index is 13.4. The third-order valence-electron chi connectivity index (χ3n) is 5.46. The number of halogens is 2. The van der Waals surface area contributed by atoms with Crippen LogP contribution >= 0.6 is 0 Å². The second-order valence-electron chi connectivity index (χ2n) is 7.27.